The van der Waals surface area contributed by atoms with Gasteiger partial charge in [0, 0.05) is 18.2 Å². The molecule has 0 aromatic heterocycles. The Bertz CT molecular complexity index is 481. The number of benzene rings is 1. The first kappa shape index (κ1) is 15.1. The van der Waals surface area contributed by atoms with Crippen molar-refractivity contribution in [3.63, 3.8) is 0 Å². The molecular weight excluding hydrogens is 248 g/mol. The zero-order valence-electron chi connectivity index (χ0n) is 12.5. The van der Waals surface area contributed by atoms with Crippen molar-refractivity contribution in [2.75, 3.05) is 33.8 Å². The molecule has 1 aromatic carbocycles. The van der Waals surface area contributed by atoms with Crippen LogP contribution >= 0.6 is 0 Å². The van der Waals surface area contributed by atoms with Gasteiger partial charge in [0.05, 0.1) is 0 Å². The first-order valence-corrected chi connectivity index (χ1v) is 7.27. The second kappa shape index (κ2) is 7.44. The summed E-state index contributed by atoms with van der Waals surface area (Å²) in [5.74, 6) is 5.79. The Morgan fingerprint density at radius 3 is 2.70 bits per heavy atom. The van der Waals surface area contributed by atoms with Crippen LogP contribution in [-0.4, -0.2) is 54.7 Å². The third-order valence-electron chi connectivity index (χ3n) is 4.05. The van der Waals surface area contributed by atoms with Crippen LogP contribution in [0.25, 0.3) is 0 Å². The van der Waals surface area contributed by atoms with Gasteiger partial charge >= 0.3 is 0 Å². The fourth-order valence-electron chi connectivity index (χ4n) is 2.75. The fourth-order valence-corrected chi connectivity index (χ4v) is 2.75. The molecule has 1 saturated heterocycles. The highest BCUT2D eigenvalue weighted by Gasteiger charge is 2.20. The van der Waals surface area contributed by atoms with E-state index in [0.717, 1.165) is 12.1 Å². The largest absolute Gasteiger partial charge is 0.384 e. The Labute approximate surface area is 122 Å². The summed E-state index contributed by atoms with van der Waals surface area (Å²) in [4.78, 5) is 4.83. The van der Waals surface area contributed by atoms with Gasteiger partial charge in [-0.15, -0.1) is 0 Å². The summed E-state index contributed by atoms with van der Waals surface area (Å²) in [6, 6.07) is 8.88. The second-order valence-corrected chi connectivity index (χ2v) is 5.57. The van der Waals surface area contributed by atoms with Crippen LogP contribution < -0.4 is 0 Å². The molecule has 0 bridgehead atoms. The molecule has 1 aliphatic heterocycles. The summed E-state index contributed by atoms with van der Waals surface area (Å²) in [5, 5.41) is 8.84. The Kier molecular flexibility index (Phi) is 5.60. The first-order valence-electron chi connectivity index (χ1n) is 7.27. The number of hydrogen-bond acceptors (Lipinski definition) is 3. The molecule has 1 aliphatic rings. The average molecular weight is 272 g/mol. The molecule has 2 rings (SSSR count). The van der Waals surface area contributed by atoms with Crippen LogP contribution in [0.1, 0.15) is 24.0 Å². The summed E-state index contributed by atoms with van der Waals surface area (Å²) >= 11 is 0. The molecule has 1 heterocycles. The topological polar surface area (TPSA) is 26.7 Å². The number of aliphatic hydroxyl groups is 1. The molecule has 3 heteroatoms. The monoisotopic (exact) mass is 272 g/mol. The minimum absolute atomic E-state index is 0.0842. The molecule has 0 amide bonds. The quantitative estimate of drug-likeness (QED) is 0.846. The highest BCUT2D eigenvalue weighted by molar-refractivity contribution is 5.41. The van der Waals surface area contributed by atoms with Crippen LogP contribution in [0.3, 0.4) is 0 Å². The van der Waals surface area contributed by atoms with E-state index in [0.29, 0.717) is 6.04 Å². The van der Waals surface area contributed by atoms with Crippen LogP contribution in [0.5, 0.6) is 0 Å². The molecular formula is C17H24N2O. The molecule has 20 heavy (non-hydrogen) atoms. The van der Waals surface area contributed by atoms with Crippen molar-refractivity contribution in [1.29, 1.82) is 0 Å². The van der Waals surface area contributed by atoms with Crippen LogP contribution in [0.15, 0.2) is 24.3 Å². The SMILES string of the molecule is CN1CCC(N(C)Cc2ccccc2C#CCO)CC1. The van der Waals surface area contributed by atoms with Gasteiger partial charge in [0.2, 0.25) is 0 Å². The van der Waals surface area contributed by atoms with Gasteiger partial charge in [-0.3, -0.25) is 4.90 Å². The van der Waals surface area contributed by atoms with E-state index in [1.165, 1.54) is 31.5 Å². The standard InChI is InChI=1S/C17H24N2O/c1-18-11-9-17(10-12-18)19(2)14-16-7-4-3-6-15(16)8-5-13-20/h3-4,6-7,17,20H,9-14H2,1-2H3. The van der Waals surface area contributed by atoms with Crippen molar-refractivity contribution >= 4 is 0 Å². The van der Waals surface area contributed by atoms with E-state index in [2.05, 4.69) is 47.9 Å². The number of aliphatic hydroxyl groups excluding tert-OH is 1. The predicted molar refractivity (Wildman–Crippen MR) is 82.4 cm³/mol. The van der Waals surface area contributed by atoms with E-state index < -0.39 is 0 Å². The van der Waals surface area contributed by atoms with Crippen molar-refractivity contribution in [3.05, 3.63) is 35.4 Å². The van der Waals surface area contributed by atoms with E-state index in [4.69, 9.17) is 5.11 Å². The lowest BCUT2D eigenvalue weighted by Gasteiger charge is -2.35. The number of nitrogens with zero attached hydrogens (tertiary/aromatic N) is 2. The van der Waals surface area contributed by atoms with Crippen molar-refractivity contribution < 1.29 is 5.11 Å². The molecule has 1 N–H and O–H groups in total. The highest BCUT2D eigenvalue weighted by Crippen LogP contribution is 2.18. The van der Waals surface area contributed by atoms with Crippen molar-refractivity contribution in [1.82, 2.24) is 9.80 Å². The maximum atomic E-state index is 8.84. The molecule has 3 nitrogen and oxygen atoms in total. The molecule has 0 aliphatic carbocycles. The Balaban J connectivity index is 2.02. The Hall–Kier alpha value is -1.34. The minimum atomic E-state index is -0.0842. The maximum absolute atomic E-state index is 8.84. The van der Waals surface area contributed by atoms with Gasteiger partial charge in [-0.1, -0.05) is 30.0 Å². The molecule has 1 fully saturated rings. The van der Waals surface area contributed by atoms with Crippen LogP contribution in [0, 0.1) is 11.8 Å². The summed E-state index contributed by atoms with van der Waals surface area (Å²) in [6.07, 6.45) is 2.47. The second-order valence-electron chi connectivity index (χ2n) is 5.57. The summed E-state index contributed by atoms with van der Waals surface area (Å²) in [5.41, 5.74) is 2.27. The zero-order valence-corrected chi connectivity index (χ0v) is 12.5. The molecule has 108 valence electrons. The van der Waals surface area contributed by atoms with Gasteiger partial charge in [0.1, 0.15) is 6.61 Å². The normalized spacial score (nSPS) is 17.0. The number of rotatable bonds is 3. The lowest BCUT2D eigenvalue weighted by Crippen LogP contribution is -2.41. The zero-order chi connectivity index (χ0) is 14.4. The van der Waals surface area contributed by atoms with E-state index in [1.807, 2.05) is 12.1 Å². The number of piperidine rings is 1. The highest BCUT2D eigenvalue weighted by atomic mass is 16.2. The van der Waals surface area contributed by atoms with Gasteiger partial charge in [0.15, 0.2) is 0 Å². The summed E-state index contributed by atoms with van der Waals surface area (Å²) in [7, 11) is 4.39. The molecule has 0 spiro atoms. The summed E-state index contributed by atoms with van der Waals surface area (Å²) < 4.78 is 0. The third kappa shape index (κ3) is 4.08. The average Bonchev–Trinajstić information content (AvgIpc) is 2.47. The smallest absolute Gasteiger partial charge is 0.104 e. The summed E-state index contributed by atoms with van der Waals surface area (Å²) in [6.45, 7) is 3.20. The van der Waals surface area contributed by atoms with Crippen LogP contribution in [-0.2, 0) is 6.54 Å². The van der Waals surface area contributed by atoms with Gasteiger partial charge in [0.25, 0.3) is 0 Å². The van der Waals surface area contributed by atoms with E-state index in [-0.39, 0.29) is 6.61 Å². The van der Waals surface area contributed by atoms with Crippen LogP contribution in [0.4, 0.5) is 0 Å². The Morgan fingerprint density at radius 1 is 1.30 bits per heavy atom. The van der Waals surface area contributed by atoms with Crippen molar-refractivity contribution in [2.45, 2.75) is 25.4 Å². The molecule has 0 unspecified atom stereocenters. The minimum Gasteiger partial charge on any atom is -0.384 e. The van der Waals surface area contributed by atoms with Gasteiger partial charge in [-0.05, 0) is 51.7 Å². The van der Waals surface area contributed by atoms with E-state index in [1.54, 1.807) is 0 Å². The van der Waals surface area contributed by atoms with Gasteiger partial charge in [-0.25, -0.2) is 0 Å². The Morgan fingerprint density at radius 2 is 2.00 bits per heavy atom. The van der Waals surface area contributed by atoms with E-state index >= 15 is 0 Å². The number of likely N-dealkylation sites (tertiary alicyclic amines) is 1. The van der Waals surface area contributed by atoms with Gasteiger partial charge in [-0.2, -0.15) is 0 Å². The molecule has 0 saturated carbocycles. The fraction of sp³-hybridized carbons (Fsp3) is 0.529. The lowest BCUT2D eigenvalue weighted by molar-refractivity contribution is 0.139. The maximum Gasteiger partial charge on any atom is 0.104 e. The first-order chi connectivity index (χ1) is 9.70. The molecule has 0 atom stereocenters. The van der Waals surface area contributed by atoms with Gasteiger partial charge < -0.3 is 10.0 Å². The van der Waals surface area contributed by atoms with E-state index in [9.17, 15) is 0 Å². The third-order valence-corrected chi connectivity index (χ3v) is 4.05. The predicted octanol–water partition coefficient (Wildman–Crippen LogP) is 1.56. The van der Waals surface area contributed by atoms with Crippen molar-refractivity contribution in [3.8, 4) is 11.8 Å². The number of hydrogen-bond donors (Lipinski definition) is 1. The van der Waals surface area contributed by atoms with Crippen molar-refractivity contribution in [2.24, 2.45) is 0 Å². The molecule has 0 radical (unpaired) electrons. The lowest BCUT2D eigenvalue weighted by atomic mass is 10.0. The van der Waals surface area contributed by atoms with Crippen LogP contribution in [0.2, 0.25) is 0 Å². The molecule has 1 aromatic rings.